The maximum absolute atomic E-state index is 14.7. The fourth-order valence-electron chi connectivity index (χ4n) is 4.94. The molecule has 2 aromatic carbocycles. The number of hydrogen-bond donors (Lipinski definition) is 0. The second-order valence-electron chi connectivity index (χ2n) is 9.14. The van der Waals surface area contributed by atoms with E-state index in [0.29, 0.717) is 55.8 Å². The topological polar surface area (TPSA) is 54.9 Å². The average molecular weight is 498 g/mol. The Morgan fingerprint density at radius 1 is 1.03 bits per heavy atom. The highest BCUT2D eigenvalue weighted by molar-refractivity contribution is 5.83. The lowest BCUT2D eigenvalue weighted by Gasteiger charge is -2.40. The third-order valence-electron chi connectivity index (χ3n) is 6.93. The maximum atomic E-state index is 14.7. The van der Waals surface area contributed by atoms with E-state index in [-0.39, 0.29) is 23.6 Å². The average Bonchev–Trinajstić information content (AvgIpc) is 2.90. The largest absolute Gasteiger partial charge is 0.497 e. The number of fused-ring (bicyclic) bond motifs is 1. The van der Waals surface area contributed by atoms with Gasteiger partial charge in [0.2, 0.25) is 0 Å². The van der Waals surface area contributed by atoms with Crippen LogP contribution in [0.1, 0.15) is 24.0 Å². The molecule has 0 amide bonds. The minimum absolute atomic E-state index is 0.174. The van der Waals surface area contributed by atoms with Gasteiger partial charge in [0, 0.05) is 25.0 Å². The zero-order valence-corrected chi connectivity index (χ0v) is 20.9. The van der Waals surface area contributed by atoms with Gasteiger partial charge in [0.05, 0.1) is 25.9 Å². The molecule has 0 saturated carbocycles. The summed E-state index contributed by atoms with van der Waals surface area (Å²) >= 11 is 0. The number of carbonyl (C=O) groups is 1. The van der Waals surface area contributed by atoms with Gasteiger partial charge in [0.25, 0.3) is 0 Å². The van der Waals surface area contributed by atoms with Gasteiger partial charge in [-0.2, -0.15) is 0 Å². The number of methoxy groups -OCH3 is 2. The van der Waals surface area contributed by atoms with Crippen LogP contribution in [0, 0.1) is 11.6 Å². The van der Waals surface area contributed by atoms with Crippen LogP contribution in [0.25, 0.3) is 10.9 Å². The molecule has 0 bridgehead atoms. The minimum Gasteiger partial charge on any atom is -0.497 e. The molecule has 1 aliphatic rings. The molecule has 1 saturated heterocycles. The van der Waals surface area contributed by atoms with E-state index in [9.17, 15) is 13.6 Å². The number of ether oxygens (including phenoxy) is 2. The lowest BCUT2D eigenvalue weighted by atomic mass is 10.0. The highest BCUT2D eigenvalue weighted by Gasteiger charge is 2.32. The van der Waals surface area contributed by atoms with Crippen molar-refractivity contribution in [3.8, 4) is 5.75 Å². The monoisotopic (exact) mass is 497 g/mol. The van der Waals surface area contributed by atoms with Crippen LogP contribution in [-0.2, 0) is 22.4 Å². The number of hydrogen-bond acceptors (Lipinski definition) is 6. The minimum atomic E-state index is -0.378. The summed E-state index contributed by atoms with van der Waals surface area (Å²) in [6, 6.07) is 11.9. The molecule has 8 heteroatoms. The molecule has 1 atom stereocenters. The van der Waals surface area contributed by atoms with E-state index in [0.717, 1.165) is 30.4 Å². The zero-order valence-electron chi connectivity index (χ0n) is 20.9. The Balaban J connectivity index is 1.35. The first-order chi connectivity index (χ1) is 17.5. The number of esters is 1. The Morgan fingerprint density at radius 2 is 1.83 bits per heavy atom. The predicted octanol–water partition coefficient (Wildman–Crippen LogP) is 4.25. The molecule has 4 rings (SSSR count). The van der Waals surface area contributed by atoms with Gasteiger partial charge in [-0.1, -0.05) is 18.2 Å². The Kier molecular flexibility index (Phi) is 8.83. The normalized spacial score (nSPS) is 16.8. The van der Waals surface area contributed by atoms with Crippen molar-refractivity contribution in [2.75, 3.05) is 46.9 Å². The first kappa shape index (κ1) is 26.0. The van der Waals surface area contributed by atoms with Gasteiger partial charge in [-0.25, -0.2) is 8.78 Å². The van der Waals surface area contributed by atoms with Crippen molar-refractivity contribution in [1.82, 2.24) is 14.8 Å². The SMILES string of the molecule is COC(=O)[C@H]1CN(CCCc2ccccc2F)CCN1CCCc1c(F)cnc2ccc(OC)cc12. The van der Waals surface area contributed by atoms with Crippen LogP contribution in [0.4, 0.5) is 8.78 Å². The van der Waals surface area contributed by atoms with Gasteiger partial charge in [0.15, 0.2) is 0 Å². The molecule has 0 radical (unpaired) electrons. The zero-order chi connectivity index (χ0) is 25.5. The summed E-state index contributed by atoms with van der Waals surface area (Å²) in [6.07, 6.45) is 3.95. The van der Waals surface area contributed by atoms with Crippen LogP contribution in [-0.4, -0.2) is 73.7 Å². The summed E-state index contributed by atoms with van der Waals surface area (Å²) in [5.41, 5.74) is 2.05. The van der Waals surface area contributed by atoms with E-state index in [4.69, 9.17) is 9.47 Å². The number of halogens is 2. The van der Waals surface area contributed by atoms with Crippen LogP contribution >= 0.6 is 0 Å². The number of benzene rings is 2. The van der Waals surface area contributed by atoms with Crippen molar-refractivity contribution in [1.29, 1.82) is 0 Å². The molecule has 0 aliphatic carbocycles. The lowest BCUT2D eigenvalue weighted by molar-refractivity contribution is -0.149. The van der Waals surface area contributed by atoms with Crippen molar-refractivity contribution in [3.05, 3.63) is 71.4 Å². The van der Waals surface area contributed by atoms with Crippen molar-refractivity contribution < 1.29 is 23.0 Å². The summed E-state index contributed by atoms with van der Waals surface area (Å²) in [5.74, 6) is -0.112. The summed E-state index contributed by atoms with van der Waals surface area (Å²) in [4.78, 5) is 21.1. The summed E-state index contributed by atoms with van der Waals surface area (Å²) in [7, 11) is 2.99. The Bertz CT molecular complexity index is 1190. The van der Waals surface area contributed by atoms with Crippen molar-refractivity contribution in [3.63, 3.8) is 0 Å². The number of rotatable bonds is 10. The summed E-state index contributed by atoms with van der Waals surface area (Å²) in [6.45, 7) is 3.52. The fraction of sp³-hybridized carbons (Fsp3) is 0.429. The first-order valence-electron chi connectivity index (χ1n) is 12.4. The first-order valence-corrected chi connectivity index (χ1v) is 12.4. The molecule has 3 aromatic rings. The van der Waals surface area contributed by atoms with Gasteiger partial charge < -0.3 is 9.47 Å². The number of aryl methyl sites for hydroxylation is 2. The van der Waals surface area contributed by atoms with E-state index >= 15 is 0 Å². The van der Waals surface area contributed by atoms with Gasteiger partial charge in [0.1, 0.15) is 23.4 Å². The van der Waals surface area contributed by atoms with E-state index in [2.05, 4.69) is 14.8 Å². The van der Waals surface area contributed by atoms with E-state index in [1.54, 1.807) is 13.2 Å². The van der Waals surface area contributed by atoms with Gasteiger partial charge >= 0.3 is 5.97 Å². The molecular formula is C28H33F2N3O3. The molecule has 36 heavy (non-hydrogen) atoms. The van der Waals surface area contributed by atoms with E-state index < -0.39 is 0 Å². The number of aromatic nitrogens is 1. The molecule has 0 unspecified atom stereocenters. The standard InChI is InChI=1S/C28H33F2N3O3/c1-35-21-11-12-26-23(17-21)22(25(30)18-31-26)9-6-14-33-16-15-32(19-27(33)28(34)36-2)13-5-8-20-7-3-4-10-24(20)29/h3-4,7,10-12,17-18,27H,5-6,8-9,13-16,19H2,1-2H3/t27-/m1/s1. The molecule has 6 nitrogen and oxygen atoms in total. The van der Waals surface area contributed by atoms with E-state index in [1.807, 2.05) is 30.3 Å². The molecule has 1 aliphatic heterocycles. The third-order valence-corrected chi connectivity index (χ3v) is 6.93. The highest BCUT2D eigenvalue weighted by atomic mass is 19.1. The predicted molar refractivity (Wildman–Crippen MR) is 135 cm³/mol. The van der Waals surface area contributed by atoms with Crippen molar-refractivity contribution in [2.24, 2.45) is 0 Å². The Hall–Kier alpha value is -3.10. The summed E-state index contributed by atoms with van der Waals surface area (Å²) < 4.78 is 39.0. The second-order valence-corrected chi connectivity index (χ2v) is 9.14. The highest BCUT2D eigenvalue weighted by Crippen LogP contribution is 2.26. The quantitative estimate of drug-likeness (QED) is 0.391. The smallest absolute Gasteiger partial charge is 0.324 e. The van der Waals surface area contributed by atoms with Gasteiger partial charge in [-0.15, -0.1) is 0 Å². The summed E-state index contributed by atoms with van der Waals surface area (Å²) in [5, 5.41) is 0.749. The second kappa shape index (κ2) is 12.2. The van der Waals surface area contributed by atoms with Crippen LogP contribution in [0.5, 0.6) is 5.75 Å². The molecular weight excluding hydrogens is 464 g/mol. The number of carbonyl (C=O) groups excluding carboxylic acids is 1. The van der Waals surface area contributed by atoms with Gasteiger partial charge in [-0.3, -0.25) is 19.6 Å². The number of pyridine rings is 1. The molecule has 1 aromatic heterocycles. The molecule has 1 fully saturated rings. The third kappa shape index (κ3) is 6.17. The fourth-order valence-corrected chi connectivity index (χ4v) is 4.94. The number of nitrogens with zero attached hydrogens (tertiary/aromatic N) is 3. The molecule has 0 N–H and O–H groups in total. The Labute approximate surface area is 210 Å². The van der Waals surface area contributed by atoms with Crippen molar-refractivity contribution in [2.45, 2.75) is 31.7 Å². The van der Waals surface area contributed by atoms with Crippen LogP contribution < -0.4 is 4.74 Å². The lowest BCUT2D eigenvalue weighted by Crippen LogP contribution is -2.57. The maximum Gasteiger partial charge on any atom is 0.324 e. The molecule has 0 spiro atoms. The molecule has 2 heterocycles. The van der Waals surface area contributed by atoms with Crippen LogP contribution in [0.2, 0.25) is 0 Å². The van der Waals surface area contributed by atoms with Crippen LogP contribution in [0.3, 0.4) is 0 Å². The Morgan fingerprint density at radius 3 is 2.61 bits per heavy atom. The van der Waals surface area contributed by atoms with Crippen LogP contribution in [0.15, 0.2) is 48.7 Å². The van der Waals surface area contributed by atoms with Crippen molar-refractivity contribution >= 4 is 16.9 Å². The van der Waals surface area contributed by atoms with E-state index in [1.165, 1.54) is 19.4 Å². The number of piperazine rings is 1. The van der Waals surface area contributed by atoms with Gasteiger partial charge in [-0.05, 0) is 74.2 Å². The molecule has 192 valence electrons.